The van der Waals surface area contributed by atoms with Gasteiger partial charge in [-0.15, -0.1) is 0 Å². The van der Waals surface area contributed by atoms with Crippen molar-refractivity contribution in [2.24, 2.45) is 0 Å². The summed E-state index contributed by atoms with van der Waals surface area (Å²) in [5.41, 5.74) is 3.49. The first-order chi connectivity index (χ1) is 11.2. The van der Waals surface area contributed by atoms with Crippen LogP contribution in [-0.2, 0) is 6.54 Å². The highest BCUT2D eigenvalue weighted by atomic mass is 16.3. The highest BCUT2D eigenvalue weighted by molar-refractivity contribution is 5.80. The monoisotopic (exact) mass is 305 g/mol. The summed E-state index contributed by atoms with van der Waals surface area (Å²) < 4.78 is 5.66. The number of benzene rings is 2. The minimum atomic E-state index is 0.473. The van der Waals surface area contributed by atoms with Gasteiger partial charge in [-0.2, -0.15) is 0 Å². The fourth-order valence-corrected chi connectivity index (χ4v) is 2.74. The molecule has 3 rings (SSSR count). The second kappa shape index (κ2) is 7.30. The molecule has 0 saturated heterocycles. The van der Waals surface area contributed by atoms with Gasteiger partial charge in [0.05, 0.1) is 6.26 Å². The van der Waals surface area contributed by atoms with Gasteiger partial charge in [0.1, 0.15) is 5.58 Å². The molecule has 0 amide bonds. The average molecular weight is 305 g/mol. The van der Waals surface area contributed by atoms with Crippen LogP contribution in [0, 0.1) is 0 Å². The van der Waals surface area contributed by atoms with Gasteiger partial charge in [0.15, 0.2) is 0 Å². The lowest BCUT2D eigenvalue weighted by molar-refractivity contribution is 0.237. The van der Waals surface area contributed by atoms with E-state index in [1.165, 1.54) is 16.5 Å². The normalized spacial score (nSPS) is 12.0. The molecule has 0 aliphatic rings. The van der Waals surface area contributed by atoms with Crippen LogP contribution >= 0.6 is 0 Å². The van der Waals surface area contributed by atoms with Crippen molar-refractivity contribution in [3.63, 3.8) is 0 Å². The highest BCUT2D eigenvalue weighted by Crippen LogP contribution is 2.22. The van der Waals surface area contributed by atoms with E-state index >= 15 is 0 Å². The van der Waals surface area contributed by atoms with Gasteiger partial charge in [0.2, 0.25) is 0 Å². The minimum absolute atomic E-state index is 0.473. The molecule has 1 heterocycles. The zero-order valence-electron chi connectivity index (χ0n) is 13.8. The molecule has 0 spiro atoms. The summed E-state index contributed by atoms with van der Waals surface area (Å²) in [5, 5.41) is 1.17. The Morgan fingerprint density at radius 3 is 2.61 bits per heavy atom. The predicted molar refractivity (Wildman–Crippen MR) is 97.2 cm³/mol. The van der Waals surface area contributed by atoms with Crippen molar-refractivity contribution in [2.45, 2.75) is 26.4 Å². The maximum atomic E-state index is 5.66. The summed E-state index contributed by atoms with van der Waals surface area (Å²) in [4.78, 5) is 2.44. The molecule has 3 aromatic rings. The van der Waals surface area contributed by atoms with Crippen molar-refractivity contribution in [1.29, 1.82) is 0 Å². The van der Waals surface area contributed by atoms with Crippen LogP contribution in [0.25, 0.3) is 17.0 Å². The Morgan fingerprint density at radius 2 is 1.83 bits per heavy atom. The molecule has 0 aliphatic carbocycles. The lowest BCUT2D eigenvalue weighted by Gasteiger charge is -2.25. The molecule has 2 nitrogen and oxygen atoms in total. The number of fused-ring (bicyclic) bond motifs is 1. The van der Waals surface area contributed by atoms with Gasteiger partial charge in [-0.1, -0.05) is 60.7 Å². The molecule has 2 heteroatoms. The predicted octanol–water partition coefficient (Wildman–Crippen LogP) is 5.36. The van der Waals surface area contributed by atoms with Crippen molar-refractivity contribution in [2.75, 3.05) is 6.54 Å². The Balaban J connectivity index is 1.72. The molecule has 1 aromatic heterocycles. The third-order valence-electron chi connectivity index (χ3n) is 4.11. The molecule has 0 aliphatic heterocycles. The van der Waals surface area contributed by atoms with Gasteiger partial charge in [-0.3, -0.25) is 4.90 Å². The van der Waals surface area contributed by atoms with E-state index in [0.29, 0.717) is 6.04 Å². The van der Waals surface area contributed by atoms with Crippen LogP contribution < -0.4 is 0 Å². The van der Waals surface area contributed by atoms with Crippen molar-refractivity contribution in [3.8, 4) is 0 Å². The molecule has 0 radical (unpaired) electrons. The number of hydrogen-bond donors (Lipinski definition) is 0. The van der Waals surface area contributed by atoms with Crippen LogP contribution in [0.15, 0.2) is 71.4 Å². The van der Waals surface area contributed by atoms with Crippen molar-refractivity contribution < 1.29 is 4.42 Å². The summed E-state index contributed by atoms with van der Waals surface area (Å²) in [6.07, 6.45) is 6.18. The van der Waals surface area contributed by atoms with Gasteiger partial charge >= 0.3 is 0 Å². The Labute approximate surface area is 138 Å². The molecule has 0 fully saturated rings. The van der Waals surface area contributed by atoms with E-state index in [9.17, 15) is 0 Å². The van der Waals surface area contributed by atoms with Crippen molar-refractivity contribution in [1.82, 2.24) is 4.90 Å². The third kappa shape index (κ3) is 3.91. The summed E-state index contributed by atoms with van der Waals surface area (Å²) in [7, 11) is 0. The van der Waals surface area contributed by atoms with Crippen LogP contribution in [0.1, 0.15) is 25.0 Å². The number of para-hydroxylation sites is 1. The Kier molecular flexibility index (Phi) is 4.94. The Hall–Kier alpha value is -2.32. The van der Waals surface area contributed by atoms with E-state index in [0.717, 1.165) is 18.7 Å². The first-order valence-corrected chi connectivity index (χ1v) is 8.15. The van der Waals surface area contributed by atoms with Gasteiger partial charge in [-0.25, -0.2) is 0 Å². The highest BCUT2D eigenvalue weighted by Gasteiger charge is 2.12. The first kappa shape index (κ1) is 15.6. The topological polar surface area (TPSA) is 16.4 Å². The largest absolute Gasteiger partial charge is 0.464 e. The van der Waals surface area contributed by atoms with Gasteiger partial charge in [0.25, 0.3) is 0 Å². The molecular weight excluding hydrogens is 282 g/mol. The fourth-order valence-electron chi connectivity index (χ4n) is 2.74. The molecule has 0 N–H and O–H groups in total. The Bertz CT molecular complexity index is 771. The first-order valence-electron chi connectivity index (χ1n) is 8.15. The van der Waals surface area contributed by atoms with Crippen LogP contribution in [0.2, 0.25) is 0 Å². The number of furan rings is 1. The summed E-state index contributed by atoms with van der Waals surface area (Å²) in [6.45, 7) is 6.28. The maximum Gasteiger partial charge on any atom is 0.138 e. The third-order valence-corrected chi connectivity index (χ3v) is 4.11. The van der Waals surface area contributed by atoms with Crippen LogP contribution in [-0.4, -0.2) is 17.5 Å². The lowest BCUT2D eigenvalue weighted by Crippen LogP contribution is -2.30. The molecule has 0 bridgehead atoms. The van der Waals surface area contributed by atoms with E-state index in [2.05, 4.69) is 73.4 Å². The van der Waals surface area contributed by atoms with Crippen LogP contribution in [0.3, 0.4) is 0 Å². The zero-order valence-corrected chi connectivity index (χ0v) is 13.8. The SMILES string of the molecule is CC(C)N(C/C=C/c1ccccc1)Cc1cccc2ccoc12. The second-order valence-corrected chi connectivity index (χ2v) is 6.09. The molecule has 118 valence electrons. The fraction of sp³-hybridized carbons (Fsp3) is 0.238. The number of rotatable bonds is 6. The smallest absolute Gasteiger partial charge is 0.138 e. The number of hydrogen-bond acceptors (Lipinski definition) is 2. The molecule has 0 unspecified atom stereocenters. The average Bonchev–Trinajstić information content (AvgIpc) is 3.04. The lowest BCUT2D eigenvalue weighted by atomic mass is 10.1. The van der Waals surface area contributed by atoms with E-state index in [1.54, 1.807) is 6.26 Å². The van der Waals surface area contributed by atoms with E-state index in [-0.39, 0.29) is 0 Å². The molecule has 0 saturated carbocycles. The second-order valence-electron chi connectivity index (χ2n) is 6.09. The summed E-state index contributed by atoms with van der Waals surface area (Å²) in [5.74, 6) is 0. The minimum Gasteiger partial charge on any atom is -0.464 e. The van der Waals surface area contributed by atoms with Gasteiger partial charge in [-0.05, 0) is 25.5 Å². The summed E-state index contributed by atoms with van der Waals surface area (Å²) >= 11 is 0. The van der Waals surface area contributed by atoms with E-state index in [1.807, 2.05) is 12.1 Å². The van der Waals surface area contributed by atoms with Crippen molar-refractivity contribution in [3.05, 3.63) is 78.1 Å². The van der Waals surface area contributed by atoms with Crippen molar-refractivity contribution >= 4 is 17.0 Å². The summed E-state index contributed by atoms with van der Waals surface area (Å²) in [6, 6.07) is 19.3. The molecule has 0 atom stereocenters. The Morgan fingerprint density at radius 1 is 1.00 bits per heavy atom. The van der Waals surface area contributed by atoms with Crippen LogP contribution in [0.4, 0.5) is 0 Å². The van der Waals surface area contributed by atoms with E-state index < -0.39 is 0 Å². The van der Waals surface area contributed by atoms with Gasteiger partial charge < -0.3 is 4.42 Å². The molecule has 23 heavy (non-hydrogen) atoms. The van der Waals surface area contributed by atoms with Crippen LogP contribution in [0.5, 0.6) is 0 Å². The zero-order chi connectivity index (χ0) is 16.1. The standard InChI is InChI=1S/C21H23NO/c1-17(2)22(14-7-10-18-8-4-3-5-9-18)16-20-12-6-11-19-13-15-23-21(19)20/h3-13,15,17H,14,16H2,1-2H3/b10-7+. The van der Waals surface area contributed by atoms with E-state index in [4.69, 9.17) is 4.42 Å². The van der Waals surface area contributed by atoms with Gasteiger partial charge in [0, 0.05) is 30.1 Å². The quantitative estimate of drug-likeness (QED) is 0.610. The molecule has 2 aromatic carbocycles. The molecular formula is C21H23NO. The number of nitrogens with zero attached hydrogens (tertiary/aromatic N) is 1. The maximum absolute atomic E-state index is 5.66.